The van der Waals surface area contributed by atoms with Gasteiger partial charge in [-0.2, -0.15) is 0 Å². The zero-order valence-corrected chi connectivity index (χ0v) is 9.97. The highest BCUT2D eigenvalue weighted by Gasteiger charge is 2.08. The van der Waals surface area contributed by atoms with Gasteiger partial charge in [0.05, 0.1) is 10.6 Å². The standard InChI is InChI=1S/C13H14ClNO/c1-3-4-5-8-15-13(16)11-7-6-10(2)9-12(11)14/h1,6-7,9H,4-5,8H2,2H3,(H,15,16). The van der Waals surface area contributed by atoms with E-state index in [0.717, 1.165) is 12.0 Å². The summed E-state index contributed by atoms with van der Waals surface area (Å²) in [6.45, 7) is 2.51. The predicted molar refractivity (Wildman–Crippen MR) is 66.6 cm³/mol. The van der Waals surface area contributed by atoms with E-state index in [4.69, 9.17) is 18.0 Å². The number of benzene rings is 1. The van der Waals surface area contributed by atoms with E-state index >= 15 is 0 Å². The van der Waals surface area contributed by atoms with Crippen molar-refractivity contribution in [2.75, 3.05) is 6.54 Å². The van der Waals surface area contributed by atoms with Gasteiger partial charge in [-0.15, -0.1) is 12.3 Å². The Balaban J connectivity index is 2.57. The summed E-state index contributed by atoms with van der Waals surface area (Å²) in [6, 6.07) is 5.37. The first-order chi connectivity index (χ1) is 7.65. The highest BCUT2D eigenvalue weighted by atomic mass is 35.5. The molecule has 0 aliphatic rings. The first-order valence-corrected chi connectivity index (χ1v) is 5.50. The molecule has 0 bridgehead atoms. The minimum Gasteiger partial charge on any atom is -0.352 e. The van der Waals surface area contributed by atoms with Gasteiger partial charge in [-0.1, -0.05) is 17.7 Å². The monoisotopic (exact) mass is 235 g/mol. The second kappa shape index (κ2) is 6.19. The van der Waals surface area contributed by atoms with Crippen LogP contribution in [0.5, 0.6) is 0 Å². The third-order valence-electron chi connectivity index (χ3n) is 2.15. The zero-order chi connectivity index (χ0) is 12.0. The second-order valence-electron chi connectivity index (χ2n) is 3.55. The average molecular weight is 236 g/mol. The molecule has 0 unspecified atom stereocenters. The Morgan fingerprint density at radius 2 is 2.31 bits per heavy atom. The predicted octanol–water partition coefficient (Wildman–Crippen LogP) is 2.79. The second-order valence-corrected chi connectivity index (χ2v) is 3.95. The van der Waals surface area contributed by atoms with Crippen LogP contribution in [0.25, 0.3) is 0 Å². The van der Waals surface area contributed by atoms with Gasteiger partial charge in [0.15, 0.2) is 0 Å². The number of hydrogen-bond acceptors (Lipinski definition) is 1. The summed E-state index contributed by atoms with van der Waals surface area (Å²) in [5.41, 5.74) is 1.54. The lowest BCUT2D eigenvalue weighted by atomic mass is 10.1. The van der Waals surface area contributed by atoms with Gasteiger partial charge in [0, 0.05) is 13.0 Å². The van der Waals surface area contributed by atoms with Gasteiger partial charge < -0.3 is 5.32 Å². The van der Waals surface area contributed by atoms with Crippen molar-refractivity contribution in [2.45, 2.75) is 19.8 Å². The van der Waals surface area contributed by atoms with E-state index in [1.807, 2.05) is 13.0 Å². The van der Waals surface area contributed by atoms with Gasteiger partial charge in [0.2, 0.25) is 0 Å². The molecular weight excluding hydrogens is 222 g/mol. The van der Waals surface area contributed by atoms with Crippen molar-refractivity contribution < 1.29 is 4.79 Å². The number of rotatable bonds is 4. The van der Waals surface area contributed by atoms with Crippen LogP contribution in [0.2, 0.25) is 5.02 Å². The molecule has 1 N–H and O–H groups in total. The fourth-order valence-corrected chi connectivity index (χ4v) is 1.61. The number of aryl methyl sites for hydroxylation is 1. The molecule has 0 fully saturated rings. The van der Waals surface area contributed by atoms with Crippen LogP contribution in [0.4, 0.5) is 0 Å². The lowest BCUT2D eigenvalue weighted by molar-refractivity contribution is 0.0953. The maximum Gasteiger partial charge on any atom is 0.252 e. The molecule has 1 aromatic rings. The Hall–Kier alpha value is -1.46. The summed E-state index contributed by atoms with van der Waals surface area (Å²) in [5, 5.41) is 3.26. The minimum atomic E-state index is -0.151. The number of amides is 1. The molecule has 0 radical (unpaired) electrons. The Morgan fingerprint density at radius 1 is 1.56 bits per heavy atom. The molecule has 84 valence electrons. The van der Waals surface area contributed by atoms with Crippen LogP contribution in [0.15, 0.2) is 18.2 Å². The number of hydrogen-bond donors (Lipinski definition) is 1. The number of terminal acetylenes is 1. The summed E-state index contributed by atoms with van der Waals surface area (Å²) >= 11 is 5.97. The molecule has 0 atom stereocenters. The van der Waals surface area contributed by atoms with Gasteiger partial charge in [-0.25, -0.2) is 0 Å². The van der Waals surface area contributed by atoms with Crippen molar-refractivity contribution in [2.24, 2.45) is 0 Å². The lowest BCUT2D eigenvalue weighted by Gasteiger charge is -2.06. The molecule has 1 rings (SSSR count). The molecule has 0 aliphatic heterocycles. The maximum atomic E-state index is 11.7. The molecule has 2 nitrogen and oxygen atoms in total. The van der Waals surface area contributed by atoms with E-state index < -0.39 is 0 Å². The van der Waals surface area contributed by atoms with Crippen molar-refractivity contribution in [1.29, 1.82) is 0 Å². The topological polar surface area (TPSA) is 29.1 Å². The molecule has 1 aromatic carbocycles. The highest BCUT2D eigenvalue weighted by Crippen LogP contribution is 2.17. The number of nitrogens with one attached hydrogen (secondary N) is 1. The largest absolute Gasteiger partial charge is 0.352 e. The SMILES string of the molecule is C#CCCCNC(=O)c1ccc(C)cc1Cl. The molecule has 0 heterocycles. The maximum absolute atomic E-state index is 11.7. The van der Waals surface area contributed by atoms with Gasteiger partial charge in [-0.3, -0.25) is 4.79 Å². The highest BCUT2D eigenvalue weighted by molar-refractivity contribution is 6.33. The third kappa shape index (κ3) is 3.60. The van der Waals surface area contributed by atoms with Crippen LogP contribution in [-0.4, -0.2) is 12.5 Å². The molecule has 0 aliphatic carbocycles. The smallest absolute Gasteiger partial charge is 0.252 e. The average Bonchev–Trinajstić information content (AvgIpc) is 2.24. The van der Waals surface area contributed by atoms with Crippen molar-refractivity contribution in [1.82, 2.24) is 5.32 Å². The fourth-order valence-electron chi connectivity index (χ4n) is 1.29. The molecule has 0 spiro atoms. The molecule has 3 heteroatoms. The van der Waals surface area contributed by atoms with Crippen LogP contribution in [0.1, 0.15) is 28.8 Å². The zero-order valence-electron chi connectivity index (χ0n) is 9.22. The van der Waals surface area contributed by atoms with Crippen molar-refractivity contribution in [3.8, 4) is 12.3 Å². The van der Waals surface area contributed by atoms with Crippen LogP contribution in [0, 0.1) is 19.3 Å². The Labute approximate surface area is 101 Å². The first kappa shape index (κ1) is 12.6. The normalized spacial score (nSPS) is 9.56. The number of carbonyl (C=O) groups is 1. The summed E-state index contributed by atoms with van der Waals surface area (Å²) < 4.78 is 0. The van der Waals surface area contributed by atoms with E-state index in [0.29, 0.717) is 23.6 Å². The van der Waals surface area contributed by atoms with E-state index in [9.17, 15) is 4.79 Å². The van der Waals surface area contributed by atoms with E-state index in [1.165, 1.54) is 0 Å². The van der Waals surface area contributed by atoms with Crippen molar-refractivity contribution in [3.63, 3.8) is 0 Å². The molecule has 0 saturated heterocycles. The quantitative estimate of drug-likeness (QED) is 0.631. The van der Waals surface area contributed by atoms with Gasteiger partial charge in [0.25, 0.3) is 5.91 Å². The van der Waals surface area contributed by atoms with Crippen LogP contribution < -0.4 is 5.32 Å². The van der Waals surface area contributed by atoms with E-state index in [1.54, 1.807) is 12.1 Å². The lowest BCUT2D eigenvalue weighted by Crippen LogP contribution is -2.24. The molecular formula is C13H14ClNO. The summed E-state index contributed by atoms with van der Waals surface area (Å²) in [6.07, 6.45) is 6.57. The number of carbonyl (C=O) groups excluding carboxylic acids is 1. The first-order valence-electron chi connectivity index (χ1n) is 5.13. The Bertz CT molecular complexity index is 420. The number of halogens is 1. The Kier molecular flexibility index (Phi) is 4.88. The molecule has 0 saturated carbocycles. The minimum absolute atomic E-state index is 0.151. The summed E-state index contributed by atoms with van der Waals surface area (Å²) in [5.74, 6) is 2.37. The van der Waals surface area contributed by atoms with E-state index in [2.05, 4.69) is 11.2 Å². The van der Waals surface area contributed by atoms with Crippen molar-refractivity contribution >= 4 is 17.5 Å². The van der Waals surface area contributed by atoms with Crippen LogP contribution in [-0.2, 0) is 0 Å². The van der Waals surface area contributed by atoms with Crippen LogP contribution >= 0.6 is 11.6 Å². The molecule has 1 amide bonds. The van der Waals surface area contributed by atoms with Crippen LogP contribution in [0.3, 0.4) is 0 Å². The van der Waals surface area contributed by atoms with Gasteiger partial charge >= 0.3 is 0 Å². The summed E-state index contributed by atoms with van der Waals surface area (Å²) in [7, 11) is 0. The molecule has 0 aromatic heterocycles. The number of unbranched alkanes of at least 4 members (excludes halogenated alkanes) is 1. The van der Waals surface area contributed by atoms with Gasteiger partial charge in [0.1, 0.15) is 0 Å². The Morgan fingerprint density at radius 3 is 2.94 bits per heavy atom. The van der Waals surface area contributed by atoms with Gasteiger partial charge in [-0.05, 0) is 31.0 Å². The van der Waals surface area contributed by atoms with E-state index in [-0.39, 0.29) is 5.91 Å². The third-order valence-corrected chi connectivity index (χ3v) is 2.47. The van der Waals surface area contributed by atoms with Crippen molar-refractivity contribution in [3.05, 3.63) is 34.3 Å². The fraction of sp³-hybridized carbons (Fsp3) is 0.308. The molecule has 16 heavy (non-hydrogen) atoms. The summed E-state index contributed by atoms with van der Waals surface area (Å²) in [4.78, 5) is 11.7.